The van der Waals surface area contributed by atoms with Gasteiger partial charge in [0.05, 0.1) is 5.29 Å². The van der Waals surface area contributed by atoms with E-state index in [1.165, 1.54) is 5.01 Å². The Hall–Kier alpha value is -4.38. The number of amidine groups is 2. The highest BCUT2D eigenvalue weighted by atomic mass is 16.3. The molecule has 0 atom stereocenters. The van der Waals surface area contributed by atoms with Crippen LogP contribution < -0.4 is 0 Å². The summed E-state index contributed by atoms with van der Waals surface area (Å²) in [6.45, 7) is 0. The van der Waals surface area contributed by atoms with E-state index in [4.69, 9.17) is 9.98 Å². The first-order chi connectivity index (χ1) is 15.8. The normalized spacial score (nSPS) is 14.9. The van der Waals surface area contributed by atoms with Gasteiger partial charge in [-0.3, -0.25) is 0 Å². The van der Waals surface area contributed by atoms with Crippen LogP contribution in [0.25, 0.3) is 0 Å². The first-order valence-corrected chi connectivity index (χ1v) is 10.4. The summed E-state index contributed by atoms with van der Waals surface area (Å²) in [7, 11) is 0. The number of benzene rings is 4. The van der Waals surface area contributed by atoms with Gasteiger partial charge >= 0.3 is 0 Å². The molecule has 154 valence electrons. The SMILES string of the molecule is O=NN1C(c2ccccc2)=NC(c2ccccc2)=NC1(c1ccccc1)c1ccccc1. The van der Waals surface area contributed by atoms with Crippen LogP contribution in [0.4, 0.5) is 0 Å². The summed E-state index contributed by atoms with van der Waals surface area (Å²) in [5.74, 6) is 0.985. The minimum atomic E-state index is -1.21. The summed E-state index contributed by atoms with van der Waals surface area (Å²) >= 11 is 0. The van der Waals surface area contributed by atoms with E-state index in [9.17, 15) is 4.91 Å². The van der Waals surface area contributed by atoms with Gasteiger partial charge in [-0.25, -0.2) is 9.98 Å². The molecule has 0 fully saturated rings. The van der Waals surface area contributed by atoms with Crippen LogP contribution in [0.2, 0.25) is 0 Å². The number of hydrogen-bond donors (Lipinski definition) is 0. The van der Waals surface area contributed by atoms with E-state index in [1.54, 1.807) is 0 Å². The molecule has 0 bridgehead atoms. The van der Waals surface area contributed by atoms with Crippen LogP contribution in [0.5, 0.6) is 0 Å². The molecule has 5 nitrogen and oxygen atoms in total. The Balaban J connectivity index is 1.86. The van der Waals surface area contributed by atoms with Crippen molar-refractivity contribution in [3.63, 3.8) is 0 Å². The third-order valence-electron chi connectivity index (χ3n) is 5.48. The molecule has 5 heteroatoms. The van der Waals surface area contributed by atoms with Crippen LogP contribution in [0.15, 0.2) is 137 Å². The minimum Gasteiger partial charge on any atom is -0.226 e. The highest BCUT2D eigenvalue weighted by Crippen LogP contribution is 2.41. The maximum absolute atomic E-state index is 12.5. The van der Waals surface area contributed by atoms with E-state index in [1.807, 2.05) is 121 Å². The van der Waals surface area contributed by atoms with Crippen molar-refractivity contribution >= 4 is 11.7 Å². The van der Waals surface area contributed by atoms with Crippen LogP contribution in [-0.4, -0.2) is 16.7 Å². The molecule has 32 heavy (non-hydrogen) atoms. The van der Waals surface area contributed by atoms with Crippen LogP contribution >= 0.6 is 0 Å². The third kappa shape index (κ3) is 3.30. The van der Waals surface area contributed by atoms with Crippen molar-refractivity contribution in [3.8, 4) is 0 Å². The Morgan fingerprint density at radius 1 is 0.594 bits per heavy atom. The van der Waals surface area contributed by atoms with Gasteiger partial charge in [-0.15, -0.1) is 4.91 Å². The predicted molar refractivity (Wildman–Crippen MR) is 127 cm³/mol. The zero-order valence-corrected chi connectivity index (χ0v) is 17.2. The monoisotopic (exact) mass is 416 g/mol. The molecule has 5 rings (SSSR count). The van der Waals surface area contributed by atoms with Crippen LogP contribution in [0, 0.1) is 4.91 Å². The summed E-state index contributed by atoms with van der Waals surface area (Å²) in [6.07, 6.45) is 0. The van der Waals surface area contributed by atoms with Gasteiger partial charge in [0.2, 0.25) is 5.66 Å². The van der Waals surface area contributed by atoms with Crippen LogP contribution in [-0.2, 0) is 5.66 Å². The lowest BCUT2D eigenvalue weighted by Crippen LogP contribution is -2.49. The lowest BCUT2D eigenvalue weighted by Gasteiger charge is -2.40. The predicted octanol–water partition coefficient (Wildman–Crippen LogP) is 5.78. The molecule has 0 unspecified atom stereocenters. The fraction of sp³-hybridized carbons (Fsp3) is 0.0370. The molecule has 0 aromatic heterocycles. The van der Waals surface area contributed by atoms with E-state index in [0.29, 0.717) is 11.7 Å². The molecule has 0 spiro atoms. The number of nitrogens with zero attached hydrogens (tertiary/aromatic N) is 4. The quantitative estimate of drug-likeness (QED) is 0.387. The molecule has 0 radical (unpaired) electrons. The lowest BCUT2D eigenvalue weighted by molar-refractivity contribution is 0.231. The van der Waals surface area contributed by atoms with Crippen molar-refractivity contribution in [2.24, 2.45) is 15.3 Å². The standard InChI is InChI=1S/C27H20N4O/c32-30-31-26(22-15-7-2-8-16-22)28-25(21-13-5-1-6-14-21)29-27(31,23-17-9-3-10-18-23)24-19-11-4-12-20-24/h1-20H. The molecule has 4 aromatic carbocycles. The van der Waals surface area contributed by atoms with Gasteiger partial charge in [0, 0.05) is 22.3 Å². The maximum Gasteiger partial charge on any atom is 0.211 e. The van der Waals surface area contributed by atoms with Crippen molar-refractivity contribution in [2.75, 3.05) is 0 Å². The molecule has 0 saturated heterocycles. The van der Waals surface area contributed by atoms with Crippen LogP contribution in [0.3, 0.4) is 0 Å². The van der Waals surface area contributed by atoms with Gasteiger partial charge in [-0.2, -0.15) is 5.01 Å². The van der Waals surface area contributed by atoms with E-state index in [0.717, 1.165) is 22.3 Å². The average Bonchev–Trinajstić information content (AvgIpc) is 2.90. The zero-order chi connectivity index (χ0) is 21.8. The molecule has 0 N–H and O–H groups in total. The zero-order valence-electron chi connectivity index (χ0n) is 17.2. The van der Waals surface area contributed by atoms with Gasteiger partial charge in [-0.1, -0.05) is 121 Å². The second kappa shape index (κ2) is 8.40. The topological polar surface area (TPSA) is 57.4 Å². The second-order valence-electron chi connectivity index (χ2n) is 7.40. The fourth-order valence-corrected chi connectivity index (χ4v) is 4.00. The Bertz CT molecular complexity index is 1230. The third-order valence-corrected chi connectivity index (χ3v) is 5.48. The molecule has 4 aromatic rings. The van der Waals surface area contributed by atoms with Gasteiger partial charge in [0.1, 0.15) is 0 Å². The Morgan fingerprint density at radius 2 is 1.03 bits per heavy atom. The van der Waals surface area contributed by atoms with Gasteiger partial charge in [0.15, 0.2) is 11.7 Å². The highest BCUT2D eigenvalue weighted by Gasteiger charge is 2.47. The number of rotatable bonds is 5. The molecule has 1 aliphatic heterocycles. The van der Waals surface area contributed by atoms with Crippen molar-refractivity contribution in [1.82, 2.24) is 5.01 Å². The summed E-state index contributed by atoms with van der Waals surface area (Å²) in [5.41, 5.74) is 2.09. The highest BCUT2D eigenvalue weighted by molar-refractivity contribution is 6.13. The molecule has 1 heterocycles. The van der Waals surface area contributed by atoms with Gasteiger partial charge in [0.25, 0.3) is 0 Å². The lowest BCUT2D eigenvalue weighted by atomic mass is 9.89. The van der Waals surface area contributed by atoms with E-state index >= 15 is 0 Å². The molecule has 0 aliphatic carbocycles. The van der Waals surface area contributed by atoms with E-state index in [-0.39, 0.29) is 0 Å². The van der Waals surface area contributed by atoms with E-state index < -0.39 is 5.66 Å². The van der Waals surface area contributed by atoms with Crippen molar-refractivity contribution in [3.05, 3.63) is 148 Å². The molecule has 1 aliphatic rings. The first-order valence-electron chi connectivity index (χ1n) is 10.4. The number of aliphatic imine (C=N–C) groups is 2. The number of hydrogen-bond acceptors (Lipinski definition) is 4. The van der Waals surface area contributed by atoms with E-state index in [2.05, 4.69) is 5.29 Å². The number of nitroso groups, excluding NO2 is 1. The maximum atomic E-state index is 12.5. The van der Waals surface area contributed by atoms with Crippen molar-refractivity contribution in [1.29, 1.82) is 0 Å². The summed E-state index contributed by atoms with van der Waals surface area (Å²) in [5, 5.41) is 4.87. The second-order valence-corrected chi connectivity index (χ2v) is 7.40. The summed E-state index contributed by atoms with van der Waals surface area (Å²) in [6, 6.07) is 38.9. The Kier molecular flexibility index (Phi) is 5.14. The molecule has 0 saturated carbocycles. The molecule has 0 amide bonds. The van der Waals surface area contributed by atoms with Crippen molar-refractivity contribution in [2.45, 2.75) is 5.66 Å². The van der Waals surface area contributed by atoms with Gasteiger partial charge in [-0.05, 0) is 0 Å². The Morgan fingerprint density at radius 3 is 1.50 bits per heavy atom. The summed E-state index contributed by atoms with van der Waals surface area (Å²) in [4.78, 5) is 22.4. The molecular weight excluding hydrogens is 396 g/mol. The van der Waals surface area contributed by atoms with Crippen LogP contribution in [0.1, 0.15) is 22.3 Å². The largest absolute Gasteiger partial charge is 0.226 e. The first kappa shape index (κ1) is 19.6. The fourth-order valence-electron chi connectivity index (χ4n) is 4.00. The minimum absolute atomic E-state index is 0.446. The van der Waals surface area contributed by atoms with Gasteiger partial charge < -0.3 is 0 Å². The average molecular weight is 416 g/mol. The van der Waals surface area contributed by atoms with Crippen molar-refractivity contribution < 1.29 is 0 Å². The summed E-state index contributed by atoms with van der Waals surface area (Å²) < 4.78 is 0. The smallest absolute Gasteiger partial charge is 0.211 e. The molecular formula is C27H20N4O. The Labute approximate surface area is 186 Å².